The van der Waals surface area contributed by atoms with E-state index >= 15 is 0 Å². The van der Waals surface area contributed by atoms with E-state index in [1.54, 1.807) is 24.3 Å². The molecule has 0 spiro atoms. The first-order valence-electron chi connectivity index (χ1n) is 10.6. The largest absolute Gasteiger partial charge is 0.491 e. The Kier molecular flexibility index (Phi) is 4.91. The van der Waals surface area contributed by atoms with Gasteiger partial charge in [-0.05, 0) is 73.6 Å². The number of H-pyrrole nitrogens is 1. The van der Waals surface area contributed by atoms with Gasteiger partial charge in [0.05, 0.1) is 29.2 Å². The number of rotatable bonds is 7. The highest BCUT2D eigenvalue weighted by molar-refractivity contribution is 5.88. The third kappa shape index (κ3) is 3.90. The van der Waals surface area contributed by atoms with Crippen LogP contribution >= 0.6 is 0 Å². The van der Waals surface area contributed by atoms with Crippen molar-refractivity contribution in [2.24, 2.45) is 5.92 Å². The molecule has 6 nitrogen and oxygen atoms in total. The Morgan fingerprint density at radius 1 is 1.07 bits per heavy atom. The van der Waals surface area contributed by atoms with Gasteiger partial charge in [0.25, 0.3) is 0 Å². The minimum Gasteiger partial charge on any atom is -0.491 e. The van der Waals surface area contributed by atoms with E-state index in [0.717, 1.165) is 59.6 Å². The SMILES string of the molecule is O=C(O)c1ccc(-c2cc(-c3ccc(OCC4CC4)c(N4CCCC4)c3)n[nH]2)cc1. The molecule has 2 aliphatic rings. The van der Waals surface area contributed by atoms with Crippen LogP contribution < -0.4 is 9.64 Å². The molecule has 6 heteroatoms. The van der Waals surface area contributed by atoms with Crippen molar-refractivity contribution in [3.05, 3.63) is 54.1 Å². The maximum atomic E-state index is 11.1. The number of anilines is 1. The van der Waals surface area contributed by atoms with E-state index in [0.29, 0.717) is 0 Å². The van der Waals surface area contributed by atoms with Gasteiger partial charge in [0, 0.05) is 18.7 Å². The fraction of sp³-hybridized carbons (Fsp3) is 0.333. The third-order valence-electron chi connectivity index (χ3n) is 5.89. The van der Waals surface area contributed by atoms with Crippen LogP contribution in [0.25, 0.3) is 22.5 Å². The summed E-state index contributed by atoms with van der Waals surface area (Å²) in [5.74, 6) is 0.760. The standard InChI is InChI=1S/C24H25N3O3/c28-24(29)18-7-5-17(6-8-18)20-14-21(26-25-20)19-9-10-23(30-15-16-3-4-16)22(13-19)27-11-1-2-12-27/h5-10,13-14,16H,1-4,11-12,15H2,(H,25,26)(H,28,29). The summed E-state index contributed by atoms with van der Waals surface area (Å²) in [5.41, 5.74) is 5.10. The maximum absolute atomic E-state index is 11.1. The predicted molar refractivity (Wildman–Crippen MR) is 116 cm³/mol. The minimum atomic E-state index is -0.926. The molecule has 30 heavy (non-hydrogen) atoms. The molecule has 0 atom stereocenters. The molecule has 3 aromatic rings. The van der Waals surface area contributed by atoms with Gasteiger partial charge in [-0.25, -0.2) is 4.79 Å². The first-order chi connectivity index (χ1) is 14.7. The summed E-state index contributed by atoms with van der Waals surface area (Å²) < 4.78 is 6.15. The number of nitrogens with zero attached hydrogens (tertiary/aromatic N) is 2. The lowest BCUT2D eigenvalue weighted by Crippen LogP contribution is -2.19. The predicted octanol–water partition coefficient (Wildman–Crippen LogP) is 4.83. The van der Waals surface area contributed by atoms with Crippen LogP contribution in [-0.4, -0.2) is 41.0 Å². The summed E-state index contributed by atoms with van der Waals surface area (Å²) in [6.07, 6.45) is 4.98. The molecule has 0 amide bonds. The molecule has 0 unspecified atom stereocenters. The highest BCUT2D eigenvalue weighted by atomic mass is 16.5. The Morgan fingerprint density at radius 3 is 2.50 bits per heavy atom. The zero-order chi connectivity index (χ0) is 20.5. The van der Waals surface area contributed by atoms with Crippen molar-refractivity contribution in [3.63, 3.8) is 0 Å². The lowest BCUT2D eigenvalue weighted by atomic mass is 10.1. The van der Waals surface area contributed by atoms with Crippen molar-refractivity contribution in [1.29, 1.82) is 0 Å². The van der Waals surface area contributed by atoms with Crippen molar-refractivity contribution in [2.45, 2.75) is 25.7 Å². The number of hydrogen-bond acceptors (Lipinski definition) is 4. The molecule has 1 saturated carbocycles. The number of carboxylic acids is 1. The molecular formula is C24H25N3O3. The Hall–Kier alpha value is -3.28. The van der Waals surface area contributed by atoms with E-state index in [-0.39, 0.29) is 5.56 Å². The lowest BCUT2D eigenvalue weighted by molar-refractivity contribution is 0.0697. The van der Waals surface area contributed by atoms with Gasteiger partial charge < -0.3 is 14.7 Å². The third-order valence-corrected chi connectivity index (χ3v) is 5.89. The number of carboxylic acid groups (broad SMARTS) is 1. The second-order valence-corrected chi connectivity index (χ2v) is 8.18. The van der Waals surface area contributed by atoms with Crippen molar-refractivity contribution in [1.82, 2.24) is 10.2 Å². The molecule has 154 valence electrons. The van der Waals surface area contributed by atoms with Gasteiger partial charge in [-0.15, -0.1) is 0 Å². The van der Waals surface area contributed by atoms with E-state index in [1.807, 2.05) is 6.07 Å². The van der Waals surface area contributed by atoms with Gasteiger partial charge in [-0.2, -0.15) is 5.10 Å². The fourth-order valence-corrected chi connectivity index (χ4v) is 3.91. The van der Waals surface area contributed by atoms with Gasteiger partial charge in [0.1, 0.15) is 5.75 Å². The van der Waals surface area contributed by atoms with Crippen LogP contribution in [0, 0.1) is 5.92 Å². The van der Waals surface area contributed by atoms with E-state index in [4.69, 9.17) is 9.84 Å². The zero-order valence-corrected chi connectivity index (χ0v) is 16.8. The summed E-state index contributed by atoms with van der Waals surface area (Å²) in [6.45, 7) is 2.93. The first kappa shape index (κ1) is 18.7. The van der Waals surface area contributed by atoms with Crippen molar-refractivity contribution in [2.75, 3.05) is 24.6 Å². The average molecular weight is 403 g/mol. The Balaban J connectivity index is 1.42. The monoisotopic (exact) mass is 403 g/mol. The van der Waals surface area contributed by atoms with Gasteiger partial charge in [0.2, 0.25) is 0 Å². The highest BCUT2D eigenvalue weighted by Crippen LogP contribution is 2.37. The maximum Gasteiger partial charge on any atom is 0.335 e. The second kappa shape index (κ2) is 7.86. The van der Waals surface area contributed by atoms with Crippen LogP contribution in [0.5, 0.6) is 5.75 Å². The van der Waals surface area contributed by atoms with Crippen LogP contribution in [0.15, 0.2) is 48.5 Å². The molecule has 2 N–H and O–H groups in total. The van der Waals surface area contributed by atoms with Gasteiger partial charge in [-0.1, -0.05) is 12.1 Å². The molecule has 2 heterocycles. The van der Waals surface area contributed by atoms with Crippen LogP contribution in [0.3, 0.4) is 0 Å². The molecule has 0 bridgehead atoms. The summed E-state index contributed by atoms with van der Waals surface area (Å²) in [4.78, 5) is 13.5. The molecule has 1 saturated heterocycles. The number of ether oxygens (including phenoxy) is 1. The Bertz CT molecular complexity index is 1050. The van der Waals surface area contributed by atoms with Crippen molar-refractivity contribution in [3.8, 4) is 28.3 Å². The van der Waals surface area contributed by atoms with Crippen LogP contribution in [-0.2, 0) is 0 Å². The lowest BCUT2D eigenvalue weighted by Gasteiger charge is -2.22. The summed E-state index contributed by atoms with van der Waals surface area (Å²) in [7, 11) is 0. The number of nitrogens with one attached hydrogen (secondary N) is 1. The number of carbonyl (C=O) groups is 1. The zero-order valence-electron chi connectivity index (χ0n) is 16.8. The van der Waals surface area contributed by atoms with Gasteiger partial charge >= 0.3 is 5.97 Å². The smallest absolute Gasteiger partial charge is 0.335 e. The summed E-state index contributed by atoms with van der Waals surface area (Å²) in [5, 5.41) is 16.7. The van der Waals surface area contributed by atoms with Gasteiger partial charge in [-0.3, -0.25) is 5.10 Å². The van der Waals surface area contributed by atoms with E-state index in [9.17, 15) is 4.79 Å². The normalized spacial score (nSPS) is 16.1. The Morgan fingerprint density at radius 2 is 1.80 bits per heavy atom. The van der Waals surface area contributed by atoms with E-state index < -0.39 is 5.97 Å². The highest BCUT2D eigenvalue weighted by Gasteiger charge is 2.24. The number of hydrogen-bond donors (Lipinski definition) is 2. The number of benzene rings is 2. The number of aromatic carboxylic acids is 1. The minimum absolute atomic E-state index is 0.274. The molecule has 1 aliphatic heterocycles. The van der Waals surface area contributed by atoms with E-state index in [1.165, 1.54) is 25.7 Å². The molecule has 2 aromatic carbocycles. The van der Waals surface area contributed by atoms with Gasteiger partial charge in [0.15, 0.2) is 0 Å². The molecular weight excluding hydrogens is 378 g/mol. The molecule has 1 aromatic heterocycles. The average Bonchev–Trinajstić information content (AvgIpc) is 3.23. The van der Waals surface area contributed by atoms with Crippen LogP contribution in [0.1, 0.15) is 36.0 Å². The quantitative estimate of drug-likeness (QED) is 0.591. The topological polar surface area (TPSA) is 78.5 Å². The van der Waals surface area contributed by atoms with Crippen LogP contribution in [0.4, 0.5) is 5.69 Å². The molecule has 2 fully saturated rings. The Labute approximate surface area is 175 Å². The summed E-state index contributed by atoms with van der Waals surface area (Å²) in [6, 6.07) is 15.1. The van der Waals surface area contributed by atoms with Crippen molar-refractivity contribution < 1.29 is 14.6 Å². The van der Waals surface area contributed by atoms with E-state index in [2.05, 4.69) is 33.3 Å². The first-order valence-corrected chi connectivity index (χ1v) is 10.6. The molecule has 5 rings (SSSR count). The second-order valence-electron chi connectivity index (χ2n) is 8.18. The van der Waals surface area contributed by atoms with Crippen molar-refractivity contribution >= 4 is 11.7 Å². The molecule has 0 radical (unpaired) electrons. The number of aromatic amines is 1. The molecule has 1 aliphatic carbocycles. The fourth-order valence-electron chi connectivity index (χ4n) is 3.91. The summed E-state index contributed by atoms with van der Waals surface area (Å²) >= 11 is 0. The van der Waals surface area contributed by atoms with Crippen LogP contribution in [0.2, 0.25) is 0 Å². The number of aromatic nitrogens is 2.